The maximum atomic E-state index is 8.62. The van der Waals surface area contributed by atoms with Crippen LogP contribution in [0.5, 0.6) is 0 Å². The van der Waals surface area contributed by atoms with Crippen molar-refractivity contribution < 1.29 is 14.6 Å². The molecule has 0 aromatic rings. The van der Waals surface area contributed by atoms with Gasteiger partial charge in [0, 0.05) is 19.8 Å². The van der Waals surface area contributed by atoms with Crippen LogP contribution in [-0.2, 0) is 9.47 Å². The molecule has 1 heterocycles. The summed E-state index contributed by atoms with van der Waals surface area (Å²) in [4.78, 5) is 0. The van der Waals surface area contributed by atoms with Gasteiger partial charge >= 0.3 is 0 Å². The number of aliphatic hydroxyl groups is 1. The van der Waals surface area contributed by atoms with Gasteiger partial charge in [0.15, 0.2) is 6.29 Å². The first-order valence-corrected chi connectivity index (χ1v) is 8.42. The average Bonchev–Trinajstić information content (AvgIpc) is 2.49. The lowest BCUT2D eigenvalue weighted by atomic mass is 10.1. The number of ether oxygens (including phenoxy) is 2. The molecule has 0 radical (unpaired) electrons. The smallest absolute Gasteiger partial charge is 0.157 e. The summed E-state index contributed by atoms with van der Waals surface area (Å²) in [6.07, 6.45) is 17.5. The van der Waals surface area contributed by atoms with E-state index in [4.69, 9.17) is 14.6 Å². The molecule has 1 rings (SSSR count). The third-order valence-electron chi connectivity index (χ3n) is 3.67. The van der Waals surface area contributed by atoms with Crippen molar-refractivity contribution in [2.75, 3.05) is 19.8 Å². The lowest BCUT2D eigenvalue weighted by molar-refractivity contribution is -0.162. The Morgan fingerprint density at radius 3 is 2.45 bits per heavy atom. The van der Waals surface area contributed by atoms with Crippen molar-refractivity contribution >= 4 is 0 Å². The first-order chi connectivity index (χ1) is 9.93. The molecule has 0 bridgehead atoms. The Kier molecular flexibility index (Phi) is 12.0. The molecule has 20 heavy (non-hydrogen) atoms. The third kappa shape index (κ3) is 10.4. The highest BCUT2D eigenvalue weighted by Gasteiger charge is 2.13. The minimum atomic E-state index is 0.0782. The molecule has 3 heteroatoms. The Morgan fingerprint density at radius 1 is 0.950 bits per heavy atom. The number of unbranched alkanes of at least 4 members (excludes halogenated alkanes) is 6. The Bertz CT molecular complexity index is 222. The standard InChI is InChI=1S/C17H32O3/c18-14-10-7-5-3-1-2-4-6-8-11-15-19-17-13-9-12-16-20-17/h5,7,17-18H,1-4,6,8-16H2. The zero-order valence-corrected chi connectivity index (χ0v) is 12.9. The van der Waals surface area contributed by atoms with Gasteiger partial charge in [0.1, 0.15) is 0 Å². The van der Waals surface area contributed by atoms with Gasteiger partial charge in [0.05, 0.1) is 0 Å². The fraction of sp³-hybridized carbons (Fsp3) is 0.882. The first-order valence-electron chi connectivity index (χ1n) is 8.42. The van der Waals surface area contributed by atoms with E-state index in [2.05, 4.69) is 12.2 Å². The second kappa shape index (κ2) is 13.6. The molecule has 1 atom stereocenters. The minimum absolute atomic E-state index is 0.0782. The van der Waals surface area contributed by atoms with E-state index in [1.807, 2.05) is 0 Å². The first kappa shape index (κ1) is 17.7. The predicted molar refractivity (Wildman–Crippen MR) is 82.7 cm³/mol. The van der Waals surface area contributed by atoms with Crippen LogP contribution in [0, 0.1) is 0 Å². The lowest BCUT2D eigenvalue weighted by Gasteiger charge is -2.22. The van der Waals surface area contributed by atoms with Gasteiger partial charge in [0.2, 0.25) is 0 Å². The summed E-state index contributed by atoms with van der Waals surface area (Å²) in [5.74, 6) is 0. The number of aliphatic hydroxyl groups excluding tert-OH is 1. The molecule has 1 aliphatic rings. The van der Waals surface area contributed by atoms with Crippen molar-refractivity contribution in [3.63, 3.8) is 0 Å². The monoisotopic (exact) mass is 284 g/mol. The number of rotatable bonds is 12. The second-order valence-corrected chi connectivity index (χ2v) is 5.56. The normalized spacial score (nSPS) is 19.8. The van der Waals surface area contributed by atoms with E-state index in [1.165, 1.54) is 44.9 Å². The topological polar surface area (TPSA) is 38.7 Å². The maximum absolute atomic E-state index is 8.62. The van der Waals surface area contributed by atoms with Crippen LogP contribution in [0.3, 0.4) is 0 Å². The van der Waals surface area contributed by atoms with Crippen molar-refractivity contribution in [3.8, 4) is 0 Å². The van der Waals surface area contributed by atoms with Gasteiger partial charge in [-0.25, -0.2) is 0 Å². The average molecular weight is 284 g/mol. The van der Waals surface area contributed by atoms with Crippen LogP contribution in [0.4, 0.5) is 0 Å². The summed E-state index contributed by atoms with van der Waals surface area (Å²) in [5, 5.41) is 8.62. The van der Waals surface area contributed by atoms with Crippen molar-refractivity contribution in [3.05, 3.63) is 12.2 Å². The van der Waals surface area contributed by atoms with E-state index < -0.39 is 0 Å². The fourth-order valence-electron chi connectivity index (χ4n) is 2.44. The zero-order valence-electron chi connectivity index (χ0n) is 12.9. The molecule has 3 nitrogen and oxygen atoms in total. The molecule has 1 aliphatic heterocycles. The molecule has 0 saturated carbocycles. The minimum Gasteiger partial charge on any atom is -0.396 e. The summed E-state index contributed by atoms with van der Waals surface area (Å²) >= 11 is 0. The maximum Gasteiger partial charge on any atom is 0.157 e. The van der Waals surface area contributed by atoms with Crippen LogP contribution in [0.2, 0.25) is 0 Å². The molecule has 1 fully saturated rings. The molecule has 1 N–H and O–H groups in total. The molecule has 118 valence electrons. The van der Waals surface area contributed by atoms with Gasteiger partial charge in [-0.3, -0.25) is 0 Å². The van der Waals surface area contributed by atoms with Gasteiger partial charge in [-0.05, 0) is 44.9 Å². The Morgan fingerprint density at radius 2 is 1.70 bits per heavy atom. The molecular weight excluding hydrogens is 252 g/mol. The Balaban J connectivity index is 1.74. The Hall–Kier alpha value is -0.380. The highest BCUT2D eigenvalue weighted by atomic mass is 16.7. The molecular formula is C17H32O3. The van der Waals surface area contributed by atoms with Crippen LogP contribution in [0.25, 0.3) is 0 Å². The number of hydrogen-bond donors (Lipinski definition) is 1. The van der Waals surface area contributed by atoms with Crippen molar-refractivity contribution in [1.82, 2.24) is 0 Å². The Labute approximate surface area is 124 Å². The van der Waals surface area contributed by atoms with Crippen LogP contribution in [0.15, 0.2) is 12.2 Å². The molecule has 1 saturated heterocycles. The van der Waals surface area contributed by atoms with E-state index in [0.29, 0.717) is 0 Å². The number of allylic oxidation sites excluding steroid dienone is 1. The van der Waals surface area contributed by atoms with Gasteiger partial charge in [-0.1, -0.05) is 37.8 Å². The lowest BCUT2D eigenvalue weighted by Crippen LogP contribution is -2.22. The van der Waals surface area contributed by atoms with E-state index in [9.17, 15) is 0 Å². The van der Waals surface area contributed by atoms with E-state index in [1.54, 1.807) is 0 Å². The fourth-order valence-corrected chi connectivity index (χ4v) is 2.44. The summed E-state index contributed by atoms with van der Waals surface area (Å²) in [5.41, 5.74) is 0. The summed E-state index contributed by atoms with van der Waals surface area (Å²) in [7, 11) is 0. The molecule has 1 unspecified atom stereocenters. The van der Waals surface area contributed by atoms with Gasteiger partial charge in [-0.2, -0.15) is 0 Å². The van der Waals surface area contributed by atoms with Crippen LogP contribution >= 0.6 is 0 Å². The predicted octanol–water partition coefficient (Wildman–Crippen LogP) is 4.20. The zero-order chi connectivity index (χ0) is 14.3. The summed E-state index contributed by atoms with van der Waals surface area (Å²) < 4.78 is 11.2. The van der Waals surface area contributed by atoms with Gasteiger partial charge in [-0.15, -0.1) is 0 Å². The SMILES string of the molecule is OCCC=CCCCCCCCCOC1CCCCO1. The molecule has 0 spiro atoms. The quantitative estimate of drug-likeness (QED) is 0.431. The highest BCUT2D eigenvalue weighted by molar-refractivity contribution is 4.80. The summed E-state index contributed by atoms with van der Waals surface area (Å²) in [6, 6.07) is 0. The largest absolute Gasteiger partial charge is 0.396 e. The van der Waals surface area contributed by atoms with Crippen molar-refractivity contribution in [2.24, 2.45) is 0 Å². The summed E-state index contributed by atoms with van der Waals surface area (Å²) in [6.45, 7) is 2.00. The molecule has 0 aliphatic carbocycles. The van der Waals surface area contributed by atoms with Crippen LogP contribution in [-0.4, -0.2) is 31.2 Å². The van der Waals surface area contributed by atoms with E-state index >= 15 is 0 Å². The van der Waals surface area contributed by atoms with Crippen molar-refractivity contribution in [2.45, 2.75) is 76.9 Å². The van der Waals surface area contributed by atoms with Gasteiger partial charge in [0.25, 0.3) is 0 Å². The highest BCUT2D eigenvalue weighted by Crippen LogP contribution is 2.14. The second-order valence-electron chi connectivity index (χ2n) is 5.56. The molecule has 0 amide bonds. The molecule has 0 aromatic carbocycles. The van der Waals surface area contributed by atoms with Crippen molar-refractivity contribution in [1.29, 1.82) is 0 Å². The van der Waals surface area contributed by atoms with E-state index in [0.717, 1.165) is 38.9 Å². The van der Waals surface area contributed by atoms with Crippen LogP contribution < -0.4 is 0 Å². The van der Waals surface area contributed by atoms with Gasteiger partial charge < -0.3 is 14.6 Å². The van der Waals surface area contributed by atoms with E-state index in [-0.39, 0.29) is 12.9 Å². The number of hydrogen-bond acceptors (Lipinski definition) is 3. The third-order valence-corrected chi connectivity index (χ3v) is 3.67. The van der Waals surface area contributed by atoms with Crippen LogP contribution in [0.1, 0.15) is 70.6 Å². The molecule has 0 aromatic heterocycles.